The van der Waals surface area contributed by atoms with Gasteiger partial charge in [0.1, 0.15) is 11.0 Å². The lowest BCUT2D eigenvalue weighted by Gasteiger charge is -2.31. The second-order valence-corrected chi connectivity index (χ2v) is 8.68. The lowest BCUT2D eigenvalue weighted by atomic mass is 10.2. The number of hydrogen-bond donors (Lipinski definition) is 1. The van der Waals surface area contributed by atoms with Crippen LogP contribution in [-0.4, -0.2) is 44.4 Å². The summed E-state index contributed by atoms with van der Waals surface area (Å²) in [5, 5.41) is 3.43. The third-order valence-electron chi connectivity index (χ3n) is 4.19. The van der Waals surface area contributed by atoms with Gasteiger partial charge in [-0.25, -0.2) is 8.42 Å². The molecule has 3 rings (SSSR count). The first-order chi connectivity index (χ1) is 12.9. The van der Waals surface area contributed by atoms with Crippen molar-refractivity contribution in [3.8, 4) is 0 Å². The van der Waals surface area contributed by atoms with Crippen molar-refractivity contribution in [2.24, 2.45) is 0 Å². The zero-order valence-electron chi connectivity index (χ0n) is 14.3. The molecule has 9 heteroatoms. The van der Waals surface area contributed by atoms with Gasteiger partial charge in [0.15, 0.2) is 0 Å². The van der Waals surface area contributed by atoms with Crippen molar-refractivity contribution in [3.05, 3.63) is 64.1 Å². The molecule has 1 amide bonds. The molecular weight excluding hydrogens is 411 g/mol. The number of halogens is 2. The Kier molecular flexibility index (Phi) is 6.39. The molecule has 0 saturated carbocycles. The summed E-state index contributed by atoms with van der Waals surface area (Å²) < 4.78 is 32.4. The second-order valence-electron chi connectivity index (χ2n) is 5.96. The lowest BCUT2D eigenvalue weighted by Crippen LogP contribution is -2.51. The van der Waals surface area contributed by atoms with Crippen molar-refractivity contribution < 1.29 is 17.9 Å². The maximum atomic E-state index is 12.8. The molecule has 1 aliphatic rings. The average molecular weight is 429 g/mol. The molecule has 1 saturated heterocycles. The van der Waals surface area contributed by atoms with Gasteiger partial charge in [-0.3, -0.25) is 4.79 Å². The summed E-state index contributed by atoms with van der Waals surface area (Å²) in [6, 6.07) is 13.4. The van der Waals surface area contributed by atoms with E-state index in [1.165, 1.54) is 16.4 Å². The fourth-order valence-electron chi connectivity index (χ4n) is 2.73. The highest BCUT2D eigenvalue weighted by Crippen LogP contribution is 2.25. The van der Waals surface area contributed by atoms with Crippen LogP contribution in [-0.2, 0) is 26.1 Å². The van der Waals surface area contributed by atoms with Crippen LogP contribution in [0.25, 0.3) is 0 Å². The number of hydrogen-bond acceptors (Lipinski definition) is 4. The highest BCUT2D eigenvalue weighted by atomic mass is 35.5. The van der Waals surface area contributed by atoms with Gasteiger partial charge in [0.05, 0.1) is 11.6 Å². The fourth-order valence-corrected chi connectivity index (χ4v) is 4.85. The smallest absolute Gasteiger partial charge is 0.250 e. The van der Waals surface area contributed by atoms with Gasteiger partial charge in [0.25, 0.3) is 5.91 Å². The topological polar surface area (TPSA) is 75.7 Å². The van der Waals surface area contributed by atoms with Gasteiger partial charge in [-0.2, -0.15) is 4.31 Å². The van der Waals surface area contributed by atoms with Crippen LogP contribution >= 0.6 is 23.2 Å². The van der Waals surface area contributed by atoms with Crippen LogP contribution in [0.3, 0.4) is 0 Å². The Morgan fingerprint density at radius 1 is 1.11 bits per heavy atom. The number of morpholine rings is 1. The third kappa shape index (κ3) is 4.62. The van der Waals surface area contributed by atoms with Gasteiger partial charge in [-0.1, -0.05) is 53.5 Å². The molecule has 27 heavy (non-hydrogen) atoms. The van der Waals surface area contributed by atoms with Crippen molar-refractivity contribution in [2.45, 2.75) is 17.5 Å². The molecule has 0 aliphatic carbocycles. The Hall–Kier alpha value is -1.64. The quantitative estimate of drug-likeness (QED) is 0.793. The fraction of sp³-hybridized carbons (Fsp3) is 0.278. The van der Waals surface area contributed by atoms with E-state index in [2.05, 4.69) is 5.32 Å². The number of carbonyl (C=O) groups is 1. The molecule has 1 heterocycles. The van der Waals surface area contributed by atoms with Crippen LogP contribution in [0.2, 0.25) is 10.0 Å². The first-order valence-corrected chi connectivity index (χ1v) is 10.5. The molecule has 1 fully saturated rings. The Morgan fingerprint density at radius 3 is 2.48 bits per heavy atom. The zero-order chi connectivity index (χ0) is 19.4. The molecule has 0 spiro atoms. The predicted molar refractivity (Wildman–Crippen MR) is 103 cm³/mol. The van der Waals surface area contributed by atoms with Crippen LogP contribution in [0, 0.1) is 0 Å². The van der Waals surface area contributed by atoms with E-state index in [1.807, 2.05) is 6.07 Å². The molecule has 144 valence electrons. The highest BCUT2D eigenvalue weighted by molar-refractivity contribution is 7.89. The van der Waals surface area contributed by atoms with E-state index < -0.39 is 22.0 Å². The average Bonchev–Trinajstić information content (AvgIpc) is 2.67. The minimum absolute atomic E-state index is 0.0174. The molecule has 0 bridgehead atoms. The van der Waals surface area contributed by atoms with E-state index in [0.717, 1.165) is 5.56 Å². The van der Waals surface area contributed by atoms with Gasteiger partial charge in [0, 0.05) is 24.7 Å². The monoisotopic (exact) mass is 428 g/mol. The van der Waals surface area contributed by atoms with Gasteiger partial charge < -0.3 is 10.1 Å². The van der Waals surface area contributed by atoms with E-state index in [0.29, 0.717) is 5.02 Å². The van der Waals surface area contributed by atoms with Crippen LogP contribution in [0.15, 0.2) is 53.4 Å². The maximum absolute atomic E-state index is 12.8. The summed E-state index contributed by atoms with van der Waals surface area (Å²) in [4.78, 5) is 12.4. The SMILES string of the molecule is O=C(NCc1ccccc1Cl)[C@H]1CN(S(=O)(=O)c2ccccc2Cl)CCO1. The number of sulfonamides is 1. The first-order valence-electron chi connectivity index (χ1n) is 8.27. The van der Waals surface area contributed by atoms with Crippen molar-refractivity contribution in [2.75, 3.05) is 19.7 Å². The molecule has 0 unspecified atom stereocenters. The van der Waals surface area contributed by atoms with Gasteiger partial charge in [-0.15, -0.1) is 0 Å². The van der Waals surface area contributed by atoms with Crippen LogP contribution in [0.5, 0.6) is 0 Å². The highest BCUT2D eigenvalue weighted by Gasteiger charge is 2.34. The second kappa shape index (κ2) is 8.58. The largest absolute Gasteiger partial charge is 0.366 e. The number of carbonyl (C=O) groups excluding carboxylic acids is 1. The third-order valence-corrected chi connectivity index (χ3v) is 6.92. The number of rotatable bonds is 5. The maximum Gasteiger partial charge on any atom is 0.250 e. The van der Waals surface area contributed by atoms with Crippen molar-refractivity contribution in [3.63, 3.8) is 0 Å². The summed E-state index contributed by atoms with van der Waals surface area (Å²) >= 11 is 12.1. The summed E-state index contributed by atoms with van der Waals surface area (Å²) in [7, 11) is -3.81. The normalized spacial score (nSPS) is 18.2. The molecule has 0 radical (unpaired) electrons. The van der Waals surface area contributed by atoms with E-state index in [9.17, 15) is 13.2 Å². The number of nitrogens with one attached hydrogen (secondary N) is 1. The number of benzene rings is 2. The molecule has 1 aliphatic heterocycles. The lowest BCUT2D eigenvalue weighted by molar-refractivity contribution is -0.136. The van der Waals surface area contributed by atoms with E-state index in [-0.39, 0.29) is 36.2 Å². The van der Waals surface area contributed by atoms with Gasteiger partial charge in [-0.05, 0) is 23.8 Å². The molecule has 0 aromatic heterocycles. The van der Waals surface area contributed by atoms with Crippen LogP contribution in [0.1, 0.15) is 5.56 Å². The summed E-state index contributed by atoms with van der Waals surface area (Å²) in [5.41, 5.74) is 0.767. The van der Waals surface area contributed by atoms with Crippen LogP contribution < -0.4 is 5.32 Å². The number of amides is 1. The molecule has 2 aromatic carbocycles. The summed E-state index contributed by atoms with van der Waals surface area (Å²) in [5.74, 6) is -0.394. The van der Waals surface area contributed by atoms with Gasteiger partial charge in [0.2, 0.25) is 10.0 Å². The van der Waals surface area contributed by atoms with E-state index in [1.54, 1.807) is 30.3 Å². The van der Waals surface area contributed by atoms with E-state index >= 15 is 0 Å². The molecule has 1 atom stereocenters. The molecule has 6 nitrogen and oxygen atoms in total. The Morgan fingerprint density at radius 2 is 1.78 bits per heavy atom. The first kappa shape index (κ1) is 20.1. The summed E-state index contributed by atoms with van der Waals surface area (Å²) in [6.07, 6.45) is -0.904. The molecule has 1 N–H and O–H groups in total. The van der Waals surface area contributed by atoms with E-state index in [4.69, 9.17) is 27.9 Å². The molecular formula is C18H18Cl2N2O4S. The Labute approximate surface area is 168 Å². The standard InChI is InChI=1S/C18H18Cl2N2O4S/c19-14-6-2-1-5-13(14)11-21-18(23)16-12-22(9-10-26-16)27(24,25)17-8-4-3-7-15(17)20/h1-8,16H,9-12H2,(H,21,23)/t16-/m1/s1. The summed E-state index contributed by atoms with van der Waals surface area (Å²) in [6.45, 7) is 0.424. The predicted octanol–water partition coefficient (Wildman–Crippen LogP) is 2.70. The minimum atomic E-state index is -3.81. The number of nitrogens with zero attached hydrogens (tertiary/aromatic N) is 1. The van der Waals surface area contributed by atoms with Crippen molar-refractivity contribution in [1.29, 1.82) is 0 Å². The van der Waals surface area contributed by atoms with Crippen LogP contribution in [0.4, 0.5) is 0 Å². The minimum Gasteiger partial charge on any atom is -0.366 e. The number of ether oxygens (including phenoxy) is 1. The van der Waals surface area contributed by atoms with Crippen molar-refractivity contribution >= 4 is 39.1 Å². The Bertz CT molecular complexity index is 936. The van der Waals surface area contributed by atoms with Gasteiger partial charge >= 0.3 is 0 Å². The Balaban J connectivity index is 1.68. The zero-order valence-corrected chi connectivity index (χ0v) is 16.6. The van der Waals surface area contributed by atoms with Crippen molar-refractivity contribution in [1.82, 2.24) is 9.62 Å². The molecule has 2 aromatic rings.